The molecule has 1 aliphatic rings. The zero-order valence-electron chi connectivity index (χ0n) is 17.1. The number of carbonyl (C=O) groups is 3. The van der Waals surface area contributed by atoms with Gasteiger partial charge >= 0.3 is 11.9 Å². The molecule has 1 aromatic rings. The first-order chi connectivity index (χ1) is 13.4. The number of hydrogen-bond acceptors (Lipinski definition) is 6. The fraction of sp³-hybridized carbons (Fsp3) is 0.619. The highest BCUT2D eigenvalue weighted by molar-refractivity contribution is 6.38. The minimum absolute atomic E-state index is 0.298. The van der Waals surface area contributed by atoms with E-state index in [-0.39, 0.29) is 0 Å². The highest BCUT2D eigenvalue weighted by Gasteiger charge is 2.40. The fourth-order valence-corrected chi connectivity index (χ4v) is 2.98. The topological polar surface area (TPSA) is 88.6 Å². The van der Waals surface area contributed by atoms with E-state index in [1.54, 1.807) is 20.0 Å². The number of ether oxygens (including phenoxy) is 1. The van der Waals surface area contributed by atoms with Crippen molar-refractivity contribution in [2.45, 2.75) is 65.3 Å². The molecule has 1 unspecified atom stereocenters. The van der Waals surface area contributed by atoms with E-state index in [2.05, 4.69) is 10.4 Å². The average Bonchev–Trinajstić information content (AvgIpc) is 2.73. The third-order valence-electron chi connectivity index (χ3n) is 5.26. The van der Waals surface area contributed by atoms with Gasteiger partial charge in [0.25, 0.3) is 0 Å². The van der Waals surface area contributed by atoms with Crippen molar-refractivity contribution in [3.05, 3.63) is 30.1 Å². The van der Waals surface area contributed by atoms with Gasteiger partial charge in [0.05, 0.1) is 6.61 Å². The summed E-state index contributed by atoms with van der Waals surface area (Å²) in [6.45, 7) is 6.21. The van der Waals surface area contributed by atoms with Crippen molar-refractivity contribution in [3.8, 4) is 0 Å². The van der Waals surface area contributed by atoms with Crippen molar-refractivity contribution in [1.82, 2.24) is 15.4 Å². The number of pyridine rings is 1. The molecule has 0 radical (unpaired) electrons. The summed E-state index contributed by atoms with van der Waals surface area (Å²) in [5.41, 5.74) is 3.30. The number of Topliss-reactive ketones (excluding diaryl/α,β-unsaturated/α-hetero) is 1. The minimum atomic E-state index is -0.754. The van der Waals surface area contributed by atoms with E-state index in [1.807, 2.05) is 25.3 Å². The van der Waals surface area contributed by atoms with Gasteiger partial charge in [0.2, 0.25) is 5.78 Å². The molecule has 0 bridgehead atoms. The van der Waals surface area contributed by atoms with Gasteiger partial charge in [-0.15, -0.1) is 0 Å². The average molecular weight is 389 g/mol. The molecule has 7 heteroatoms. The van der Waals surface area contributed by atoms with E-state index >= 15 is 0 Å². The van der Waals surface area contributed by atoms with Gasteiger partial charge in [-0.2, -0.15) is 0 Å². The summed E-state index contributed by atoms with van der Waals surface area (Å²) in [4.78, 5) is 41.7. The lowest BCUT2D eigenvalue weighted by Gasteiger charge is -2.35. The number of hydrazine groups is 1. The second kappa shape index (κ2) is 10.3. The smallest absolute Gasteiger partial charge is 0.330 e. The zero-order valence-corrected chi connectivity index (χ0v) is 17.1. The molecule has 1 aliphatic heterocycles. The molecule has 1 aromatic heterocycles. The molecule has 1 saturated heterocycles. The van der Waals surface area contributed by atoms with Crippen LogP contribution in [-0.2, 0) is 25.5 Å². The van der Waals surface area contributed by atoms with Crippen molar-refractivity contribution in [1.29, 1.82) is 0 Å². The molecule has 2 rings (SSSR count). The molecule has 0 spiro atoms. The Kier molecular flexibility index (Phi) is 8.11. The summed E-state index contributed by atoms with van der Waals surface area (Å²) >= 11 is 0. The molecule has 7 nitrogen and oxygen atoms in total. The molecular weight excluding hydrogens is 358 g/mol. The van der Waals surface area contributed by atoms with E-state index < -0.39 is 29.1 Å². The van der Waals surface area contributed by atoms with Crippen LogP contribution in [0.25, 0.3) is 0 Å². The number of aryl methyl sites for hydroxylation is 1. The number of nitrogens with one attached hydrogen (secondary N) is 1. The quantitative estimate of drug-likeness (QED) is 0.396. The van der Waals surface area contributed by atoms with Gasteiger partial charge in [-0.1, -0.05) is 26.8 Å². The number of aromatic nitrogens is 1. The number of amides is 1. The van der Waals surface area contributed by atoms with E-state index in [0.717, 1.165) is 31.2 Å². The first kappa shape index (κ1) is 22.0. The SMILES string of the molecule is CCC(C)(C)C(=O)C(=O)N1NCCCC1C(=O)OCCCCc1cccnc1. The van der Waals surface area contributed by atoms with Gasteiger partial charge < -0.3 is 4.74 Å². The lowest BCUT2D eigenvalue weighted by atomic mass is 9.84. The Morgan fingerprint density at radius 3 is 2.79 bits per heavy atom. The van der Waals surface area contributed by atoms with Crippen LogP contribution >= 0.6 is 0 Å². The van der Waals surface area contributed by atoms with Crippen LogP contribution in [0.1, 0.15) is 58.4 Å². The molecule has 0 aliphatic carbocycles. The Balaban J connectivity index is 1.84. The van der Waals surface area contributed by atoms with Gasteiger partial charge in [-0.05, 0) is 50.2 Å². The Labute approximate surface area is 166 Å². The minimum Gasteiger partial charge on any atom is -0.464 e. The van der Waals surface area contributed by atoms with Crippen LogP contribution in [0.4, 0.5) is 0 Å². The Morgan fingerprint density at radius 2 is 2.11 bits per heavy atom. The van der Waals surface area contributed by atoms with Crippen LogP contribution in [-0.4, -0.2) is 46.8 Å². The first-order valence-electron chi connectivity index (χ1n) is 10.0. The summed E-state index contributed by atoms with van der Waals surface area (Å²) in [6, 6.07) is 3.17. The molecule has 1 N–H and O–H groups in total. The van der Waals surface area contributed by atoms with Crippen LogP contribution in [0, 0.1) is 5.41 Å². The summed E-state index contributed by atoms with van der Waals surface area (Å²) in [5.74, 6) is -1.60. The van der Waals surface area contributed by atoms with Gasteiger partial charge in [-0.3, -0.25) is 19.6 Å². The molecule has 1 fully saturated rings. The predicted molar refractivity (Wildman–Crippen MR) is 105 cm³/mol. The van der Waals surface area contributed by atoms with E-state index in [9.17, 15) is 14.4 Å². The zero-order chi connectivity index (χ0) is 20.6. The third-order valence-corrected chi connectivity index (χ3v) is 5.26. The van der Waals surface area contributed by atoms with Crippen LogP contribution in [0.3, 0.4) is 0 Å². The molecule has 28 heavy (non-hydrogen) atoms. The Hall–Kier alpha value is -2.28. The van der Waals surface area contributed by atoms with Crippen molar-refractivity contribution in [2.24, 2.45) is 5.41 Å². The summed E-state index contributed by atoms with van der Waals surface area (Å²) in [5, 5.41) is 1.18. The molecule has 1 atom stereocenters. The number of rotatable bonds is 9. The van der Waals surface area contributed by atoms with Crippen LogP contribution in [0.5, 0.6) is 0 Å². The van der Waals surface area contributed by atoms with Crippen LogP contribution in [0.15, 0.2) is 24.5 Å². The van der Waals surface area contributed by atoms with Crippen LogP contribution < -0.4 is 5.43 Å². The number of ketones is 1. The molecule has 2 heterocycles. The van der Waals surface area contributed by atoms with Crippen molar-refractivity contribution >= 4 is 17.7 Å². The van der Waals surface area contributed by atoms with Crippen LogP contribution in [0.2, 0.25) is 0 Å². The maximum Gasteiger partial charge on any atom is 0.330 e. The molecule has 0 saturated carbocycles. The number of carbonyl (C=O) groups excluding carboxylic acids is 3. The number of esters is 1. The van der Waals surface area contributed by atoms with Crippen molar-refractivity contribution in [2.75, 3.05) is 13.2 Å². The second-order valence-corrected chi connectivity index (χ2v) is 7.79. The first-order valence-corrected chi connectivity index (χ1v) is 10.0. The monoisotopic (exact) mass is 389 g/mol. The van der Waals surface area contributed by atoms with E-state index in [1.165, 1.54) is 5.01 Å². The summed E-state index contributed by atoms with van der Waals surface area (Å²) < 4.78 is 5.39. The second-order valence-electron chi connectivity index (χ2n) is 7.79. The van der Waals surface area contributed by atoms with Gasteiger partial charge in [0.1, 0.15) is 6.04 Å². The number of unbranched alkanes of at least 4 members (excludes halogenated alkanes) is 1. The van der Waals surface area contributed by atoms with E-state index in [0.29, 0.717) is 26.0 Å². The van der Waals surface area contributed by atoms with Gasteiger partial charge in [0.15, 0.2) is 0 Å². The number of nitrogens with zero attached hydrogens (tertiary/aromatic N) is 2. The highest BCUT2D eigenvalue weighted by atomic mass is 16.5. The fourth-order valence-electron chi connectivity index (χ4n) is 2.98. The molecule has 154 valence electrons. The largest absolute Gasteiger partial charge is 0.464 e. The van der Waals surface area contributed by atoms with E-state index in [4.69, 9.17) is 4.74 Å². The predicted octanol–water partition coefficient (Wildman–Crippen LogP) is 2.45. The Bertz CT molecular complexity index is 675. The summed E-state index contributed by atoms with van der Waals surface area (Å²) in [7, 11) is 0. The lowest BCUT2D eigenvalue weighted by Crippen LogP contribution is -2.59. The maximum atomic E-state index is 12.7. The van der Waals surface area contributed by atoms with Crippen molar-refractivity contribution < 1.29 is 19.1 Å². The maximum absolute atomic E-state index is 12.7. The molecule has 0 aromatic carbocycles. The standard InChI is InChI=1S/C21H31N3O4/c1-4-21(2,3)18(25)19(26)24-17(11-8-13-23-24)20(27)28-14-6-5-9-16-10-7-12-22-15-16/h7,10,12,15,17,23H,4-6,8-9,11,13-14H2,1-3H3. The number of hydrogen-bond donors (Lipinski definition) is 1. The normalized spacial score (nSPS) is 17.2. The third kappa shape index (κ3) is 5.86. The summed E-state index contributed by atoms with van der Waals surface area (Å²) in [6.07, 6.45) is 7.85. The van der Waals surface area contributed by atoms with Crippen molar-refractivity contribution in [3.63, 3.8) is 0 Å². The Morgan fingerprint density at radius 1 is 1.32 bits per heavy atom. The molecule has 1 amide bonds. The molecular formula is C21H31N3O4. The lowest BCUT2D eigenvalue weighted by molar-refractivity contribution is -0.164. The van der Waals surface area contributed by atoms with Gasteiger partial charge in [0, 0.05) is 24.4 Å². The highest BCUT2D eigenvalue weighted by Crippen LogP contribution is 2.23. The van der Waals surface area contributed by atoms with Gasteiger partial charge in [-0.25, -0.2) is 10.2 Å².